The molecule has 10 nitrogen and oxygen atoms in total. The first kappa shape index (κ1) is 23.1. The van der Waals surface area contributed by atoms with Crippen LogP contribution in [0.15, 0.2) is 50.8 Å². The lowest BCUT2D eigenvalue weighted by atomic mass is 10.2. The van der Waals surface area contributed by atoms with Crippen molar-refractivity contribution in [1.29, 1.82) is 0 Å². The van der Waals surface area contributed by atoms with Crippen molar-refractivity contribution in [2.24, 2.45) is 5.10 Å². The van der Waals surface area contributed by atoms with E-state index in [2.05, 4.69) is 26.0 Å². The molecule has 11 heteroatoms. The first-order chi connectivity index (χ1) is 15.2. The summed E-state index contributed by atoms with van der Waals surface area (Å²) in [6.45, 7) is 3.27. The van der Waals surface area contributed by atoms with Crippen LogP contribution in [0, 0.1) is 10.1 Å². The first-order valence-electron chi connectivity index (χ1n) is 9.64. The molecule has 166 valence electrons. The van der Waals surface area contributed by atoms with E-state index >= 15 is 0 Å². The molecule has 1 N–H and O–H groups in total. The fourth-order valence-electron chi connectivity index (χ4n) is 2.92. The zero-order valence-electron chi connectivity index (χ0n) is 17.2. The number of fused-ring (bicyclic) bond motifs is 1. The third-order valence-electron chi connectivity index (χ3n) is 4.52. The third kappa shape index (κ3) is 4.99. The van der Waals surface area contributed by atoms with Crippen molar-refractivity contribution in [1.82, 2.24) is 9.66 Å². The van der Waals surface area contributed by atoms with E-state index in [4.69, 9.17) is 9.84 Å². The molecule has 2 aromatic carbocycles. The molecular formula is C21H19BrN4O6. The third-order valence-corrected chi connectivity index (χ3v) is 5.01. The highest BCUT2D eigenvalue weighted by molar-refractivity contribution is 9.10. The Morgan fingerprint density at radius 3 is 2.78 bits per heavy atom. The smallest absolute Gasteiger partial charge is 0.344 e. The summed E-state index contributed by atoms with van der Waals surface area (Å²) in [5.41, 5.74) is 0.0463. The molecule has 0 spiro atoms. The van der Waals surface area contributed by atoms with Crippen molar-refractivity contribution in [3.05, 3.63) is 72.7 Å². The highest BCUT2D eigenvalue weighted by atomic mass is 79.9. The minimum atomic E-state index is -1.20. The van der Waals surface area contributed by atoms with Crippen molar-refractivity contribution in [3.63, 3.8) is 0 Å². The van der Waals surface area contributed by atoms with E-state index in [0.717, 1.165) is 4.68 Å². The first-order valence-corrected chi connectivity index (χ1v) is 10.4. The van der Waals surface area contributed by atoms with Crippen LogP contribution in [0.1, 0.15) is 31.7 Å². The molecule has 1 atom stereocenters. The normalized spacial score (nSPS) is 12.2. The van der Waals surface area contributed by atoms with Gasteiger partial charge in [0.2, 0.25) is 0 Å². The topological polar surface area (TPSA) is 137 Å². The maximum atomic E-state index is 13.1. The van der Waals surface area contributed by atoms with Gasteiger partial charge in [0, 0.05) is 28.6 Å². The highest BCUT2D eigenvalue weighted by Crippen LogP contribution is 2.24. The Labute approximate surface area is 190 Å². The second-order valence-electron chi connectivity index (χ2n) is 6.88. The monoisotopic (exact) mass is 502 g/mol. The van der Waals surface area contributed by atoms with E-state index in [1.54, 1.807) is 18.2 Å². The van der Waals surface area contributed by atoms with Gasteiger partial charge in [0.1, 0.15) is 11.6 Å². The van der Waals surface area contributed by atoms with Crippen molar-refractivity contribution < 1.29 is 19.6 Å². The number of benzene rings is 2. The summed E-state index contributed by atoms with van der Waals surface area (Å²) in [7, 11) is 0. The number of aryl methyl sites for hydroxylation is 1. The van der Waals surface area contributed by atoms with Crippen LogP contribution in [-0.2, 0) is 11.2 Å². The molecular weight excluding hydrogens is 484 g/mol. The molecule has 3 rings (SSSR count). The number of non-ortho nitro benzene ring substituents is 1. The van der Waals surface area contributed by atoms with Crippen LogP contribution in [0.5, 0.6) is 5.75 Å². The Morgan fingerprint density at radius 2 is 2.12 bits per heavy atom. The number of carboxylic acid groups (broad SMARTS) is 1. The number of nitro benzene ring substituents is 1. The summed E-state index contributed by atoms with van der Waals surface area (Å²) < 4.78 is 7.25. The fraction of sp³-hybridized carbons (Fsp3) is 0.238. The van der Waals surface area contributed by atoms with Crippen LogP contribution < -0.4 is 10.3 Å². The number of carboxylic acids is 1. The van der Waals surface area contributed by atoms with Crippen LogP contribution in [0.4, 0.5) is 5.69 Å². The largest absolute Gasteiger partial charge is 0.479 e. The van der Waals surface area contributed by atoms with Gasteiger partial charge in [0.15, 0.2) is 6.10 Å². The number of hydrogen-bond donors (Lipinski definition) is 1. The second-order valence-corrected chi connectivity index (χ2v) is 7.79. The lowest BCUT2D eigenvalue weighted by Gasteiger charge is -2.13. The maximum Gasteiger partial charge on any atom is 0.344 e. The van der Waals surface area contributed by atoms with Crippen molar-refractivity contribution in [2.75, 3.05) is 0 Å². The van der Waals surface area contributed by atoms with Crippen LogP contribution in [0.25, 0.3) is 10.9 Å². The Bertz CT molecular complexity index is 1290. The number of ether oxygens (including phenoxy) is 1. The highest BCUT2D eigenvalue weighted by Gasteiger charge is 2.17. The summed E-state index contributed by atoms with van der Waals surface area (Å²) in [5, 5.41) is 24.9. The van der Waals surface area contributed by atoms with E-state index in [1.807, 2.05) is 6.92 Å². The number of nitro groups is 1. The lowest BCUT2D eigenvalue weighted by molar-refractivity contribution is -0.384. The minimum absolute atomic E-state index is 0.0795. The average Bonchev–Trinajstić information content (AvgIpc) is 2.74. The Hall–Kier alpha value is -3.60. The van der Waals surface area contributed by atoms with Gasteiger partial charge < -0.3 is 9.84 Å². The van der Waals surface area contributed by atoms with Crippen LogP contribution in [-0.4, -0.2) is 38.0 Å². The Kier molecular flexibility index (Phi) is 6.98. The molecule has 0 aliphatic carbocycles. The van der Waals surface area contributed by atoms with E-state index in [1.165, 1.54) is 31.3 Å². The fourth-order valence-corrected chi connectivity index (χ4v) is 3.28. The molecule has 0 saturated carbocycles. The number of aromatic nitrogens is 2. The molecule has 1 heterocycles. The van der Waals surface area contributed by atoms with Crippen molar-refractivity contribution >= 4 is 44.7 Å². The molecule has 0 aliphatic rings. The second kappa shape index (κ2) is 9.69. The number of aliphatic carboxylic acids is 1. The van der Waals surface area contributed by atoms with E-state index in [-0.39, 0.29) is 17.0 Å². The van der Waals surface area contributed by atoms with Gasteiger partial charge in [-0.2, -0.15) is 9.78 Å². The van der Waals surface area contributed by atoms with Crippen molar-refractivity contribution in [2.45, 2.75) is 32.8 Å². The number of carbonyl (C=O) groups is 1. The molecule has 32 heavy (non-hydrogen) atoms. The van der Waals surface area contributed by atoms with Crippen LogP contribution >= 0.6 is 15.9 Å². The van der Waals surface area contributed by atoms with Crippen LogP contribution in [0.2, 0.25) is 0 Å². The predicted octanol–water partition coefficient (Wildman–Crippen LogP) is 3.75. The molecule has 0 saturated heterocycles. The summed E-state index contributed by atoms with van der Waals surface area (Å²) in [5.74, 6) is -0.691. The molecule has 0 amide bonds. The minimum Gasteiger partial charge on any atom is -0.479 e. The van der Waals surface area contributed by atoms with Crippen LogP contribution in [0.3, 0.4) is 0 Å². The van der Waals surface area contributed by atoms with E-state index < -0.39 is 22.6 Å². The van der Waals surface area contributed by atoms with E-state index in [0.29, 0.717) is 34.0 Å². The number of nitrogens with zero attached hydrogens (tertiary/aromatic N) is 4. The maximum absolute atomic E-state index is 13.1. The SMILES string of the molecule is CCCc1nc2ccc(Br)cc2c(=O)n1N=Cc1cc([N+](=O)[O-])ccc1O[C@H](C)C(=O)O. The summed E-state index contributed by atoms with van der Waals surface area (Å²) in [6, 6.07) is 8.85. The molecule has 0 fully saturated rings. The molecule has 0 bridgehead atoms. The summed E-state index contributed by atoms with van der Waals surface area (Å²) in [6.07, 6.45) is 1.22. The molecule has 3 aromatic rings. The predicted molar refractivity (Wildman–Crippen MR) is 122 cm³/mol. The summed E-state index contributed by atoms with van der Waals surface area (Å²) >= 11 is 3.34. The number of halogens is 1. The lowest BCUT2D eigenvalue weighted by Crippen LogP contribution is -2.24. The standard InChI is InChI=1S/C21H19BrN4O6/c1-3-4-19-24-17-7-5-14(22)10-16(17)20(27)25(19)23-11-13-9-15(26(30)31)6-8-18(13)32-12(2)21(28)29/h5-12H,3-4H2,1-2H3,(H,28,29)/t12-/m1/s1. The van der Waals surface area contributed by atoms with Gasteiger partial charge in [0.05, 0.1) is 22.0 Å². The molecule has 0 unspecified atom stereocenters. The van der Waals surface area contributed by atoms with Gasteiger partial charge >= 0.3 is 5.97 Å². The zero-order chi connectivity index (χ0) is 23.4. The number of rotatable bonds is 8. The molecule has 1 aromatic heterocycles. The average molecular weight is 503 g/mol. The summed E-state index contributed by atoms with van der Waals surface area (Å²) in [4.78, 5) is 39.4. The van der Waals surface area contributed by atoms with E-state index in [9.17, 15) is 19.7 Å². The zero-order valence-corrected chi connectivity index (χ0v) is 18.8. The Balaban J connectivity index is 2.15. The van der Waals surface area contributed by atoms with Gasteiger partial charge in [0.25, 0.3) is 11.2 Å². The van der Waals surface area contributed by atoms with Gasteiger partial charge in [-0.05, 0) is 37.6 Å². The molecule has 0 radical (unpaired) electrons. The molecule has 0 aliphatic heterocycles. The quantitative estimate of drug-likeness (QED) is 0.281. The Morgan fingerprint density at radius 1 is 1.38 bits per heavy atom. The van der Waals surface area contributed by atoms with Gasteiger partial charge in [-0.15, -0.1) is 0 Å². The number of hydrogen-bond acceptors (Lipinski definition) is 7. The van der Waals surface area contributed by atoms with Gasteiger partial charge in [-0.3, -0.25) is 14.9 Å². The van der Waals surface area contributed by atoms with Gasteiger partial charge in [-0.1, -0.05) is 22.9 Å². The van der Waals surface area contributed by atoms with Gasteiger partial charge in [-0.25, -0.2) is 9.78 Å². The van der Waals surface area contributed by atoms with Crippen molar-refractivity contribution in [3.8, 4) is 5.75 Å².